The minimum absolute atomic E-state index is 0.614. The number of nitrogen functional groups attached to an aromatic ring is 1. The van der Waals surface area contributed by atoms with Crippen molar-refractivity contribution in [3.05, 3.63) is 34.9 Å². The van der Waals surface area contributed by atoms with Crippen molar-refractivity contribution in [3.8, 4) is 0 Å². The van der Waals surface area contributed by atoms with Crippen LogP contribution in [-0.4, -0.2) is 16.7 Å². The van der Waals surface area contributed by atoms with Gasteiger partial charge in [-0.3, -0.25) is 0 Å². The van der Waals surface area contributed by atoms with Crippen LogP contribution in [0.5, 0.6) is 0 Å². The zero-order valence-electron chi connectivity index (χ0n) is 8.48. The first-order valence-corrected chi connectivity index (χ1v) is 5.59. The first kappa shape index (κ1) is 10.9. The van der Waals surface area contributed by atoms with Crippen LogP contribution >= 0.6 is 15.9 Å². The SMILES string of the molecule is Nc1cc(Br)ccc1NCCc1ncno1. The Bertz CT molecular complexity index is 458. The van der Waals surface area contributed by atoms with Crippen molar-refractivity contribution in [3.63, 3.8) is 0 Å². The fourth-order valence-corrected chi connectivity index (χ4v) is 1.68. The number of nitrogens with one attached hydrogen (secondary N) is 1. The van der Waals surface area contributed by atoms with Crippen molar-refractivity contribution >= 4 is 27.3 Å². The Morgan fingerprint density at radius 3 is 3.00 bits per heavy atom. The van der Waals surface area contributed by atoms with Crippen molar-refractivity contribution in [1.29, 1.82) is 0 Å². The van der Waals surface area contributed by atoms with Crippen LogP contribution in [0.1, 0.15) is 5.89 Å². The molecule has 84 valence electrons. The predicted octanol–water partition coefficient (Wildman–Crippen LogP) is 2.07. The second-order valence-corrected chi connectivity index (χ2v) is 4.16. The molecule has 0 radical (unpaired) electrons. The molecule has 0 saturated heterocycles. The first-order valence-electron chi connectivity index (χ1n) is 4.80. The number of aromatic nitrogens is 2. The highest BCUT2D eigenvalue weighted by Crippen LogP contribution is 2.22. The minimum atomic E-state index is 0.614. The summed E-state index contributed by atoms with van der Waals surface area (Å²) in [6, 6.07) is 5.72. The number of halogens is 1. The van der Waals surface area contributed by atoms with E-state index in [1.807, 2.05) is 18.2 Å². The van der Waals surface area contributed by atoms with Crippen LogP contribution in [-0.2, 0) is 6.42 Å². The highest BCUT2D eigenvalue weighted by atomic mass is 79.9. The molecule has 0 bridgehead atoms. The monoisotopic (exact) mass is 282 g/mol. The molecule has 0 aliphatic carbocycles. The number of benzene rings is 1. The van der Waals surface area contributed by atoms with Crippen molar-refractivity contribution in [2.24, 2.45) is 0 Å². The third-order valence-corrected chi connectivity index (χ3v) is 2.57. The van der Waals surface area contributed by atoms with Gasteiger partial charge in [0.25, 0.3) is 0 Å². The summed E-state index contributed by atoms with van der Waals surface area (Å²) in [5, 5.41) is 6.74. The largest absolute Gasteiger partial charge is 0.397 e. The summed E-state index contributed by atoms with van der Waals surface area (Å²) in [5.74, 6) is 0.614. The lowest BCUT2D eigenvalue weighted by Gasteiger charge is -2.08. The van der Waals surface area contributed by atoms with Gasteiger partial charge in [0.05, 0.1) is 11.4 Å². The number of nitrogens with two attached hydrogens (primary N) is 1. The van der Waals surface area contributed by atoms with Gasteiger partial charge in [-0.05, 0) is 18.2 Å². The fourth-order valence-electron chi connectivity index (χ4n) is 1.30. The van der Waals surface area contributed by atoms with E-state index in [1.165, 1.54) is 6.33 Å². The topological polar surface area (TPSA) is 77.0 Å². The van der Waals surface area contributed by atoms with Gasteiger partial charge in [0.1, 0.15) is 0 Å². The molecule has 0 fully saturated rings. The van der Waals surface area contributed by atoms with E-state index in [0.29, 0.717) is 24.5 Å². The summed E-state index contributed by atoms with van der Waals surface area (Å²) in [4.78, 5) is 3.93. The summed E-state index contributed by atoms with van der Waals surface area (Å²) >= 11 is 3.35. The number of hydrogen-bond donors (Lipinski definition) is 2. The maximum Gasteiger partial charge on any atom is 0.228 e. The van der Waals surface area contributed by atoms with Crippen LogP contribution in [0.15, 0.2) is 33.5 Å². The molecule has 1 heterocycles. The van der Waals surface area contributed by atoms with Gasteiger partial charge >= 0.3 is 0 Å². The number of rotatable bonds is 4. The van der Waals surface area contributed by atoms with Gasteiger partial charge in [-0.25, -0.2) is 0 Å². The molecule has 0 amide bonds. The Kier molecular flexibility index (Phi) is 3.40. The first-order chi connectivity index (χ1) is 7.75. The fraction of sp³-hybridized carbons (Fsp3) is 0.200. The summed E-state index contributed by atoms with van der Waals surface area (Å²) in [6.45, 7) is 0.702. The Morgan fingerprint density at radius 1 is 1.44 bits per heavy atom. The van der Waals surface area contributed by atoms with Crippen LogP contribution in [0.2, 0.25) is 0 Å². The molecule has 0 spiro atoms. The molecule has 0 aliphatic rings. The van der Waals surface area contributed by atoms with Gasteiger partial charge in [-0.15, -0.1) is 0 Å². The third-order valence-electron chi connectivity index (χ3n) is 2.07. The Labute approximate surface area is 101 Å². The molecule has 0 unspecified atom stereocenters. The van der Waals surface area contributed by atoms with E-state index in [4.69, 9.17) is 10.3 Å². The van der Waals surface area contributed by atoms with Crippen molar-refractivity contribution in [1.82, 2.24) is 10.1 Å². The molecule has 16 heavy (non-hydrogen) atoms. The van der Waals surface area contributed by atoms with Crippen molar-refractivity contribution in [2.75, 3.05) is 17.6 Å². The molecule has 1 aromatic carbocycles. The lowest BCUT2D eigenvalue weighted by Crippen LogP contribution is -2.06. The number of hydrogen-bond acceptors (Lipinski definition) is 5. The lowest BCUT2D eigenvalue weighted by atomic mass is 10.2. The zero-order valence-corrected chi connectivity index (χ0v) is 10.1. The predicted molar refractivity (Wildman–Crippen MR) is 65.0 cm³/mol. The van der Waals surface area contributed by atoms with Gasteiger partial charge < -0.3 is 15.6 Å². The number of nitrogens with zero attached hydrogens (tertiary/aromatic N) is 2. The van der Waals surface area contributed by atoms with E-state index < -0.39 is 0 Å². The van der Waals surface area contributed by atoms with E-state index >= 15 is 0 Å². The van der Waals surface area contributed by atoms with Crippen LogP contribution in [0.3, 0.4) is 0 Å². The quantitative estimate of drug-likeness (QED) is 0.840. The molecule has 5 nitrogen and oxygen atoms in total. The summed E-state index contributed by atoms with van der Waals surface area (Å²) < 4.78 is 5.85. The molecule has 2 aromatic rings. The molecule has 0 aliphatic heterocycles. The van der Waals surface area contributed by atoms with Gasteiger partial charge in [-0.2, -0.15) is 4.98 Å². The Balaban J connectivity index is 1.90. The Morgan fingerprint density at radius 2 is 2.31 bits per heavy atom. The third kappa shape index (κ3) is 2.73. The smallest absolute Gasteiger partial charge is 0.228 e. The highest BCUT2D eigenvalue weighted by molar-refractivity contribution is 9.10. The van der Waals surface area contributed by atoms with Crippen LogP contribution < -0.4 is 11.1 Å². The van der Waals surface area contributed by atoms with Gasteiger partial charge in [0.2, 0.25) is 5.89 Å². The molecule has 2 rings (SSSR count). The van der Waals surface area contributed by atoms with Crippen LogP contribution in [0.25, 0.3) is 0 Å². The molecule has 0 saturated carbocycles. The maximum atomic E-state index is 5.84. The molecule has 0 atom stereocenters. The maximum absolute atomic E-state index is 5.84. The van der Waals surface area contributed by atoms with E-state index in [9.17, 15) is 0 Å². The molecular weight excluding hydrogens is 272 g/mol. The van der Waals surface area contributed by atoms with E-state index in [-0.39, 0.29) is 0 Å². The lowest BCUT2D eigenvalue weighted by molar-refractivity contribution is 0.380. The minimum Gasteiger partial charge on any atom is -0.397 e. The standard InChI is InChI=1S/C10H11BrN4O/c11-7-1-2-9(8(12)5-7)13-4-3-10-14-6-15-16-10/h1-2,5-6,13H,3-4,12H2. The zero-order chi connectivity index (χ0) is 11.4. The van der Waals surface area contributed by atoms with Gasteiger partial charge in [-0.1, -0.05) is 21.1 Å². The number of anilines is 2. The second kappa shape index (κ2) is 4.98. The molecular formula is C10H11BrN4O. The Hall–Kier alpha value is -1.56. The molecule has 1 aromatic heterocycles. The average molecular weight is 283 g/mol. The van der Waals surface area contributed by atoms with E-state index in [2.05, 4.69) is 31.4 Å². The highest BCUT2D eigenvalue weighted by Gasteiger charge is 2.01. The normalized spacial score (nSPS) is 10.3. The summed E-state index contributed by atoms with van der Waals surface area (Å²) in [5.41, 5.74) is 7.45. The van der Waals surface area contributed by atoms with Crippen LogP contribution in [0.4, 0.5) is 11.4 Å². The summed E-state index contributed by atoms with van der Waals surface area (Å²) in [7, 11) is 0. The van der Waals surface area contributed by atoms with Crippen molar-refractivity contribution < 1.29 is 4.52 Å². The van der Waals surface area contributed by atoms with E-state index in [0.717, 1.165) is 10.2 Å². The van der Waals surface area contributed by atoms with Gasteiger partial charge in [0, 0.05) is 17.4 Å². The summed E-state index contributed by atoms with van der Waals surface area (Å²) in [6.07, 6.45) is 2.07. The second-order valence-electron chi connectivity index (χ2n) is 3.24. The van der Waals surface area contributed by atoms with E-state index in [1.54, 1.807) is 0 Å². The van der Waals surface area contributed by atoms with Crippen molar-refractivity contribution in [2.45, 2.75) is 6.42 Å². The van der Waals surface area contributed by atoms with Gasteiger partial charge in [0.15, 0.2) is 6.33 Å². The van der Waals surface area contributed by atoms with Crippen LogP contribution in [0, 0.1) is 0 Å². The molecule has 3 N–H and O–H groups in total. The average Bonchev–Trinajstić information content (AvgIpc) is 2.74. The molecule has 6 heteroatoms.